The van der Waals surface area contributed by atoms with Crippen LogP contribution in [0.15, 0.2) is 18.2 Å². The zero-order valence-corrected chi connectivity index (χ0v) is 11.6. The molecule has 1 saturated heterocycles. The van der Waals surface area contributed by atoms with Gasteiger partial charge in [-0.2, -0.15) is 0 Å². The third kappa shape index (κ3) is 2.96. The molecule has 1 heterocycles. The van der Waals surface area contributed by atoms with Gasteiger partial charge in [0.1, 0.15) is 6.04 Å². The predicted octanol–water partition coefficient (Wildman–Crippen LogP) is 1.05. The molecular weight excluding hydrogens is 264 g/mol. The predicted molar refractivity (Wildman–Crippen MR) is 72.2 cm³/mol. The Morgan fingerprint density at radius 2 is 2.20 bits per heavy atom. The fraction of sp³-hybridized carbons (Fsp3) is 0.500. The Bertz CT molecular complexity index is 495. The molecule has 1 amide bonds. The Hall–Kier alpha value is -1.53. The molecule has 2 rings (SSSR count). The number of halogens is 2. The lowest BCUT2D eigenvalue weighted by atomic mass is 10.0. The van der Waals surface area contributed by atoms with Gasteiger partial charge in [0.2, 0.25) is 5.91 Å². The quantitative estimate of drug-likeness (QED) is 0.871. The van der Waals surface area contributed by atoms with Crippen LogP contribution in [0, 0.1) is 11.6 Å². The van der Waals surface area contributed by atoms with E-state index in [-0.39, 0.29) is 18.0 Å². The molecule has 4 nitrogen and oxygen atoms in total. The zero-order chi connectivity index (χ0) is 14.7. The number of rotatable bonds is 3. The number of likely N-dealkylation sites (N-methyl/N-ethyl adjacent to an activating group) is 1. The lowest BCUT2D eigenvalue weighted by Crippen LogP contribution is -2.57. The minimum absolute atomic E-state index is 0.0772. The van der Waals surface area contributed by atoms with Crippen LogP contribution in [0.1, 0.15) is 18.5 Å². The van der Waals surface area contributed by atoms with Crippen molar-refractivity contribution in [2.24, 2.45) is 0 Å². The standard InChI is InChI=1S/C14H19F2N3O/c1-9(10-3-4-11(15)12(16)7-10)19-6-5-18-8-13(19)14(20)17-2/h3-4,7,9,13,18H,5-6,8H2,1-2H3,(H,17,20). The average molecular weight is 283 g/mol. The van der Waals surface area contributed by atoms with Gasteiger partial charge in [0.25, 0.3) is 0 Å². The molecule has 1 aromatic carbocycles. The van der Waals surface area contributed by atoms with Gasteiger partial charge < -0.3 is 10.6 Å². The fourth-order valence-electron chi connectivity index (χ4n) is 2.56. The van der Waals surface area contributed by atoms with Crippen molar-refractivity contribution in [3.05, 3.63) is 35.4 Å². The molecule has 2 atom stereocenters. The van der Waals surface area contributed by atoms with Crippen molar-refractivity contribution >= 4 is 5.91 Å². The molecule has 0 aromatic heterocycles. The number of piperazine rings is 1. The van der Waals surface area contributed by atoms with E-state index in [4.69, 9.17) is 0 Å². The molecule has 1 aliphatic rings. The van der Waals surface area contributed by atoms with Gasteiger partial charge >= 0.3 is 0 Å². The van der Waals surface area contributed by atoms with Crippen molar-refractivity contribution in [1.82, 2.24) is 15.5 Å². The number of nitrogens with one attached hydrogen (secondary N) is 2. The molecule has 1 aliphatic heterocycles. The van der Waals surface area contributed by atoms with Crippen LogP contribution in [0.2, 0.25) is 0 Å². The van der Waals surface area contributed by atoms with E-state index in [1.165, 1.54) is 6.07 Å². The first-order chi connectivity index (χ1) is 9.54. The number of amides is 1. The van der Waals surface area contributed by atoms with Gasteiger partial charge in [-0.3, -0.25) is 9.69 Å². The number of nitrogens with zero attached hydrogens (tertiary/aromatic N) is 1. The highest BCUT2D eigenvalue weighted by Crippen LogP contribution is 2.24. The number of hydrogen-bond donors (Lipinski definition) is 2. The summed E-state index contributed by atoms with van der Waals surface area (Å²) in [6, 6.07) is 3.42. The van der Waals surface area contributed by atoms with Crippen LogP contribution in [-0.4, -0.2) is 43.5 Å². The van der Waals surface area contributed by atoms with Crippen molar-refractivity contribution < 1.29 is 13.6 Å². The van der Waals surface area contributed by atoms with Crippen LogP contribution in [0.5, 0.6) is 0 Å². The Balaban J connectivity index is 2.22. The Morgan fingerprint density at radius 3 is 2.85 bits per heavy atom. The van der Waals surface area contributed by atoms with Crippen molar-refractivity contribution in [3.63, 3.8) is 0 Å². The van der Waals surface area contributed by atoms with Gasteiger partial charge in [-0.05, 0) is 24.6 Å². The van der Waals surface area contributed by atoms with E-state index in [0.29, 0.717) is 18.7 Å². The second kappa shape index (κ2) is 6.28. The SMILES string of the molecule is CNC(=O)C1CNCCN1C(C)c1ccc(F)c(F)c1. The second-order valence-corrected chi connectivity index (χ2v) is 4.92. The maximum absolute atomic E-state index is 13.3. The topological polar surface area (TPSA) is 44.4 Å². The van der Waals surface area contributed by atoms with Crippen molar-refractivity contribution in [2.45, 2.75) is 19.0 Å². The summed E-state index contributed by atoms with van der Waals surface area (Å²) < 4.78 is 26.3. The molecular formula is C14H19F2N3O. The maximum Gasteiger partial charge on any atom is 0.238 e. The first-order valence-corrected chi connectivity index (χ1v) is 6.67. The second-order valence-electron chi connectivity index (χ2n) is 4.92. The molecule has 1 fully saturated rings. The maximum atomic E-state index is 13.3. The summed E-state index contributed by atoms with van der Waals surface area (Å²) in [6.45, 7) is 3.89. The van der Waals surface area contributed by atoms with Crippen LogP contribution in [0.3, 0.4) is 0 Å². The molecule has 0 radical (unpaired) electrons. The first-order valence-electron chi connectivity index (χ1n) is 6.67. The molecule has 0 saturated carbocycles. The number of hydrogen-bond acceptors (Lipinski definition) is 3. The van der Waals surface area contributed by atoms with E-state index in [9.17, 15) is 13.6 Å². The van der Waals surface area contributed by atoms with Crippen molar-refractivity contribution in [1.29, 1.82) is 0 Å². The number of carbonyl (C=O) groups is 1. The minimum Gasteiger partial charge on any atom is -0.358 e. The van der Waals surface area contributed by atoms with Crippen LogP contribution >= 0.6 is 0 Å². The molecule has 20 heavy (non-hydrogen) atoms. The van der Waals surface area contributed by atoms with Gasteiger partial charge in [-0.1, -0.05) is 6.07 Å². The lowest BCUT2D eigenvalue weighted by Gasteiger charge is -2.39. The largest absolute Gasteiger partial charge is 0.358 e. The molecule has 2 unspecified atom stereocenters. The van der Waals surface area contributed by atoms with Gasteiger partial charge in [0.15, 0.2) is 11.6 Å². The monoisotopic (exact) mass is 283 g/mol. The van der Waals surface area contributed by atoms with Gasteiger partial charge in [0, 0.05) is 32.7 Å². The van der Waals surface area contributed by atoms with E-state index in [1.807, 2.05) is 11.8 Å². The summed E-state index contributed by atoms with van der Waals surface area (Å²) >= 11 is 0. The summed E-state index contributed by atoms with van der Waals surface area (Å²) in [6.07, 6.45) is 0. The third-order valence-electron chi connectivity index (χ3n) is 3.76. The molecule has 1 aromatic rings. The van der Waals surface area contributed by atoms with Crippen LogP contribution < -0.4 is 10.6 Å². The van der Waals surface area contributed by atoms with E-state index in [1.54, 1.807) is 13.1 Å². The van der Waals surface area contributed by atoms with E-state index >= 15 is 0 Å². The summed E-state index contributed by atoms with van der Waals surface area (Å²) in [4.78, 5) is 13.9. The van der Waals surface area contributed by atoms with Crippen LogP contribution in [0.4, 0.5) is 8.78 Å². The van der Waals surface area contributed by atoms with Crippen LogP contribution in [0.25, 0.3) is 0 Å². The highest BCUT2D eigenvalue weighted by Gasteiger charge is 2.31. The normalized spacial score (nSPS) is 21.5. The van der Waals surface area contributed by atoms with Crippen molar-refractivity contribution in [3.8, 4) is 0 Å². The van der Waals surface area contributed by atoms with Gasteiger partial charge in [0.05, 0.1) is 0 Å². The third-order valence-corrected chi connectivity index (χ3v) is 3.76. The van der Waals surface area contributed by atoms with Gasteiger partial charge in [-0.25, -0.2) is 8.78 Å². The molecule has 0 bridgehead atoms. The highest BCUT2D eigenvalue weighted by atomic mass is 19.2. The minimum atomic E-state index is -0.860. The fourth-order valence-corrected chi connectivity index (χ4v) is 2.56. The van der Waals surface area contributed by atoms with E-state index in [2.05, 4.69) is 10.6 Å². The van der Waals surface area contributed by atoms with Gasteiger partial charge in [-0.15, -0.1) is 0 Å². The molecule has 0 spiro atoms. The molecule has 110 valence electrons. The van der Waals surface area contributed by atoms with E-state index in [0.717, 1.165) is 12.6 Å². The van der Waals surface area contributed by atoms with E-state index < -0.39 is 11.6 Å². The Labute approximate surface area is 117 Å². The summed E-state index contributed by atoms with van der Waals surface area (Å²) in [5.41, 5.74) is 0.666. The average Bonchev–Trinajstić information content (AvgIpc) is 2.48. The Morgan fingerprint density at radius 1 is 1.45 bits per heavy atom. The molecule has 0 aliphatic carbocycles. The Kier molecular flexibility index (Phi) is 4.67. The summed E-state index contributed by atoms with van der Waals surface area (Å²) in [5, 5.41) is 5.81. The summed E-state index contributed by atoms with van der Waals surface area (Å²) in [7, 11) is 1.59. The van der Waals surface area contributed by atoms with Crippen molar-refractivity contribution in [2.75, 3.05) is 26.7 Å². The highest BCUT2D eigenvalue weighted by molar-refractivity contribution is 5.81. The smallest absolute Gasteiger partial charge is 0.238 e. The molecule has 6 heteroatoms. The lowest BCUT2D eigenvalue weighted by molar-refractivity contribution is -0.127. The first kappa shape index (κ1) is 14.9. The number of carbonyl (C=O) groups excluding carboxylic acids is 1. The number of benzene rings is 1. The molecule has 2 N–H and O–H groups in total. The zero-order valence-electron chi connectivity index (χ0n) is 11.6. The van der Waals surface area contributed by atoms with Crippen LogP contribution in [-0.2, 0) is 4.79 Å². The summed E-state index contributed by atoms with van der Waals surface area (Å²) in [5.74, 6) is -1.79.